The van der Waals surface area contributed by atoms with E-state index in [9.17, 15) is 5.11 Å². The van der Waals surface area contributed by atoms with Crippen LogP contribution in [0, 0.1) is 6.92 Å². The van der Waals surface area contributed by atoms with Crippen LogP contribution in [-0.2, 0) is 5.60 Å². The molecule has 0 aliphatic carbocycles. The molecule has 1 aromatic heterocycles. The van der Waals surface area contributed by atoms with E-state index in [1.807, 2.05) is 6.92 Å². The number of aryl methyl sites for hydroxylation is 1. The molecule has 0 amide bonds. The molecular weight excluding hydrogens is 222 g/mol. The first-order chi connectivity index (χ1) is 5.47. The molecule has 1 unspecified atom stereocenters. The summed E-state index contributed by atoms with van der Waals surface area (Å²) in [7, 11) is 0. The van der Waals surface area contributed by atoms with Gasteiger partial charge in [-0.05, 0) is 41.4 Å². The van der Waals surface area contributed by atoms with Crippen molar-refractivity contribution in [3.05, 3.63) is 22.1 Å². The van der Waals surface area contributed by atoms with Crippen molar-refractivity contribution in [3.8, 4) is 0 Å². The van der Waals surface area contributed by atoms with Gasteiger partial charge in [-0.2, -0.15) is 0 Å². The maximum Gasteiger partial charge on any atom is 0.169 e. The van der Waals surface area contributed by atoms with Gasteiger partial charge in [0.2, 0.25) is 0 Å². The molecular formula is C8H12BrNO2. The summed E-state index contributed by atoms with van der Waals surface area (Å²) in [6.07, 6.45) is 0. The Morgan fingerprint density at radius 1 is 1.75 bits per heavy atom. The van der Waals surface area contributed by atoms with Crippen LogP contribution in [0.2, 0.25) is 0 Å². The monoisotopic (exact) mass is 233 g/mol. The molecule has 1 aromatic rings. The largest absolute Gasteiger partial charge is 0.451 e. The number of halogens is 1. The Morgan fingerprint density at radius 2 is 2.33 bits per heavy atom. The van der Waals surface area contributed by atoms with E-state index in [0.717, 1.165) is 5.56 Å². The second kappa shape index (κ2) is 3.20. The molecule has 1 heterocycles. The van der Waals surface area contributed by atoms with E-state index in [0.29, 0.717) is 10.4 Å². The van der Waals surface area contributed by atoms with Crippen LogP contribution in [0.4, 0.5) is 0 Å². The molecule has 0 spiro atoms. The third-order valence-electron chi connectivity index (χ3n) is 1.77. The smallest absolute Gasteiger partial charge is 0.169 e. The molecule has 4 heteroatoms. The van der Waals surface area contributed by atoms with Crippen molar-refractivity contribution in [3.63, 3.8) is 0 Å². The number of nitrogens with two attached hydrogens (primary N) is 1. The lowest BCUT2D eigenvalue weighted by Crippen LogP contribution is -2.31. The van der Waals surface area contributed by atoms with Crippen molar-refractivity contribution in [2.24, 2.45) is 5.73 Å². The van der Waals surface area contributed by atoms with Crippen LogP contribution >= 0.6 is 15.9 Å². The average molecular weight is 234 g/mol. The zero-order chi connectivity index (χ0) is 9.35. The molecule has 0 aliphatic rings. The van der Waals surface area contributed by atoms with Crippen molar-refractivity contribution >= 4 is 15.9 Å². The zero-order valence-corrected chi connectivity index (χ0v) is 8.68. The minimum Gasteiger partial charge on any atom is -0.451 e. The molecule has 0 saturated heterocycles. The fourth-order valence-corrected chi connectivity index (χ4v) is 1.58. The molecule has 1 atom stereocenters. The summed E-state index contributed by atoms with van der Waals surface area (Å²) in [5, 5.41) is 9.75. The first kappa shape index (κ1) is 9.77. The fraction of sp³-hybridized carbons (Fsp3) is 0.500. The summed E-state index contributed by atoms with van der Waals surface area (Å²) in [6.45, 7) is 3.65. The Morgan fingerprint density at radius 3 is 2.67 bits per heavy atom. The zero-order valence-electron chi connectivity index (χ0n) is 7.10. The number of hydrogen-bond acceptors (Lipinski definition) is 3. The summed E-state index contributed by atoms with van der Waals surface area (Å²) in [6, 6.07) is 1.81. The Bertz CT molecular complexity index is 281. The van der Waals surface area contributed by atoms with Gasteiger partial charge in [-0.3, -0.25) is 0 Å². The summed E-state index contributed by atoms with van der Waals surface area (Å²) in [5.74, 6) is 0.525. The molecule has 0 fully saturated rings. The highest BCUT2D eigenvalue weighted by Gasteiger charge is 2.27. The van der Waals surface area contributed by atoms with Crippen LogP contribution in [0.25, 0.3) is 0 Å². The number of furan rings is 1. The van der Waals surface area contributed by atoms with Crippen LogP contribution < -0.4 is 5.73 Å². The second-order valence-corrected chi connectivity index (χ2v) is 3.82. The van der Waals surface area contributed by atoms with E-state index in [-0.39, 0.29) is 6.54 Å². The van der Waals surface area contributed by atoms with Crippen molar-refractivity contribution in [2.45, 2.75) is 19.4 Å². The molecule has 0 bridgehead atoms. The molecule has 68 valence electrons. The number of aliphatic hydroxyl groups is 1. The minimum absolute atomic E-state index is 0.147. The van der Waals surface area contributed by atoms with Gasteiger partial charge in [0, 0.05) is 6.54 Å². The summed E-state index contributed by atoms with van der Waals surface area (Å²) in [5.41, 5.74) is 5.22. The van der Waals surface area contributed by atoms with Gasteiger partial charge < -0.3 is 15.3 Å². The maximum atomic E-state index is 9.75. The molecule has 3 nitrogen and oxygen atoms in total. The molecule has 12 heavy (non-hydrogen) atoms. The molecule has 0 aliphatic heterocycles. The summed E-state index contributed by atoms with van der Waals surface area (Å²) >= 11 is 3.19. The predicted octanol–water partition coefficient (Wildman–Crippen LogP) is 1.52. The van der Waals surface area contributed by atoms with Gasteiger partial charge in [-0.1, -0.05) is 0 Å². The van der Waals surface area contributed by atoms with Crippen LogP contribution in [0.1, 0.15) is 18.2 Å². The molecule has 0 aromatic carbocycles. The Balaban J connectivity index is 3.09. The maximum absolute atomic E-state index is 9.75. The normalized spacial score (nSPS) is 16.1. The topological polar surface area (TPSA) is 59.4 Å². The van der Waals surface area contributed by atoms with Crippen LogP contribution in [0.15, 0.2) is 15.2 Å². The van der Waals surface area contributed by atoms with E-state index in [1.165, 1.54) is 0 Å². The summed E-state index contributed by atoms with van der Waals surface area (Å²) in [4.78, 5) is 0. The quantitative estimate of drug-likeness (QED) is 0.815. The van der Waals surface area contributed by atoms with E-state index >= 15 is 0 Å². The lowest BCUT2D eigenvalue weighted by Gasteiger charge is -2.18. The van der Waals surface area contributed by atoms with Crippen LogP contribution in [-0.4, -0.2) is 11.7 Å². The van der Waals surface area contributed by atoms with Gasteiger partial charge in [0.15, 0.2) is 4.67 Å². The SMILES string of the molecule is Cc1cc(Br)oc1C(C)(O)CN. The van der Waals surface area contributed by atoms with Crippen LogP contribution in [0.5, 0.6) is 0 Å². The minimum atomic E-state index is -1.07. The van der Waals surface area contributed by atoms with E-state index in [4.69, 9.17) is 10.2 Å². The lowest BCUT2D eigenvalue weighted by atomic mass is 10.0. The highest BCUT2D eigenvalue weighted by atomic mass is 79.9. The second-order valence-electron chi connectivity index (χ2n) is 3.04. The van der Waals surface area contributed by atoms with E-state index in [2.05, 4.69) is 15.9 Å². The molecule has 0 radical (unpaired) electrons. The first-order valence-corrected chi connectivity index (χ1v) is 4.45. The fourth-order valence-electron chi connectivity index (χ4n) is 1.07. The van der Waals surface area contributed by atoms with E-state index < -0.39 is 5.60 Å². The van der Waals surface area contributed by atoms with Gasteiger partial charge in [0.25, 0.3) is 0 Å². The summed E-state index contributed by atoms with van der Waals surface area (Å²) < 4.78 is 5.87. The standard InChI is InChI=1S/C8H12BrNO2/c1-5-3-6(9)12-7(5)8(2,11)4-10/h3,11H,4,10H2,1-2H3. The molecule has 3 N–H and O–H groups in total. The molecule has 0 saturated carbocycles. The first-order valence-electron chi connectivity index (χ1n) is 3.66. The van der Waals surface area contributed by atoms with Gasteiger partial charge in [0.1, 0.15) is 11.4 Å². The third-order valence-corrected chi connectivity index (χ3v) is 2.17. The van der Waals surface area contributed by atoms with Crippen molar-refractivity contribution in [1.82, 2.24) is 0 Å². The highest BCUT2D eigenvalue weighted by Crippen LogP contribution is 2.28. The molecule has 1 rings (SSSR count). The lowest BCUT2D eigenvalue weighted by molar-refractivity contribution is 0.0416. The van der Waals surface area contributed by atoms with Crippen molar-refractivity contribution in [2.75, 3.05) is 6.54 Å². The van der Waals surface area contributed by atoms with Gasteiger partial charge in [0.05, 0.1) is 0 Å². The average Bonchev–Trinajstić information content (AvgIpc) is 2.31. The number of rotatable bonds is 2. The van der Waals surface area contributed by atoms with Crippen molar-refractivity contribution in [1.29, 1.82) is 0 Å². The third kappa shape index (κ3) is 1.71. The van der Waals surface area contributed by atoms with Gasteiger partial charge >= 0.3 is 0 Å². The Hall–Kier alpha value is -0.320. The van der Waals surface area contributed by atoms with Crippen LogP contribution in [0.3, 0.4) is 0 Å². The van der Waals surface area contributed by atoms with Crippen molar-refractivity contribution < 1.29 is 9.52 Å². The number of hydrogen-bond donors (Lipinski definition) is 2. The van der Waals surface area contributed by atoms with E-state index in [1.54, 1.807) is 13.0 Å². The Labute approximate surface area is 79.7 Å². The van der Waals surface area contributed by atoms with Gasteiger partial charge in [-0.15, -0.1) is 0 Å². The Kier molecular flexibility index (Phi) is 2.61. The highest BCUT2D eigenvalue weighted by molar-refractivity contribution is 9.10. The predicted molar refractivity (Wildman–Crippen MR) is 49.8 cm³/mol. The van der Waals surface area contributed by atoms with Gasteiger partial charge in [-0.25, -0.2) is 0 Å².